The van der Waals surface area contributed by atoms with Gasteiger partial charge in [-0.1, -0.05) is 17.7 Å². The first kappa shape index (κ1) is 10.8. The van der Waals surface area contributed by atoms with E-state index in [1.165, 1.54) is 0 Å². The van der Waals surface area contributed by atoms with E-state index in [0.717, 1.165) is 12.8 Å². The average molecular weight is 243 g/mol. The number of carbonyl (C=O) groups is 1. The van der Waals surface area contributed by atoms with Crippen molar-refractivity contribution in [2.45, 2.75) is 29.4 Å². The summed E-state index contributed by atoms with van der Waals surface area (Å²) in [5.41, 5.74) is 0. The van der Waals surface area contributed by atoms with Crippen LogP contribution in [0.25, 0.3) is 0 Å². The van der Waals surface area contributed by atoms with Gasteiger partial charge in [-0.25, -0.2) is 0 Å². The molecular weight excluding hydrogens is 232 g/mol. The van der Waals surface area contributed by atoms with Crippen LogP contribution in [0.4, 0.5) is 0 Å². The summed E-state index contributed by atoms with van der Waals surface area (Å²) in [6.45, 7) is 0. The van der Waals surface area contributed by atoms with Gasteiger partial charge in [-0.2, -0.15) is 0 Å². The van der Waals surface area contributed by atoms with Crippen LogP contribution < -0.4 is 0 Å². The third kappa shape index (κ3) is 2.29. The van der Waals surface area contributed by atoms with Gasteiger partial charge in [-0.3, -0.25) is 9.00 Å². The SMILES string of the molecule is O=C1CCCC1S(=O)c1cccc(Cl)c1. The van der Waals surface area contributed by atoms with E-state index < -0.39 is 10.8 Å². The molecule has 0 amide bonds. The summed E-state index contributed by atoms with van der Waals surface area (Å²) in [6, 6.07) is 6.92. The van der Waals surface area contributed by atoms with Crippen molar-refractivity contribution < 1.29 is 9.00 Å². The molecule has 1 aromatic carbocycles. The van der Waals surface area contributed by atoms with Gasteiger partial charge in [0, 0.05) is 16.3 Å². The molecule has 2 unspecified atom stereocenters. The van der Waals surface area contributed by atoms with Crippen LogP contribution in [0, 0.1) is 0 Å². The quantitative estimate of drug-likeness (QED) is 0.799. The summed E-state index contributed by atoms with van der Waals surface area (Å²) in [7, 11) is -1.23. The van der Waals surface area contributed by atoms with Gasteiger partial charge in [-0.15, -0.1) is 0 Å². The molecule has 2 atom stereocenters. The van der Waals surface area contributed by atoms with Crippen molar-refractivity contribution >= 4 is 28.2 Å². The number of halogens is 1. The number of benzene rings is 1. The van der Waals surface area contributed by atoms with Crippen LogP contribution in [0.3, 0.4) is 0 Å². The highest BCUT2D eigenvalue weighted by Gasteiger charge is 2.30. The molecule has 0 saturated heterocycles. The fourth-order valence-electron chi connectivity index (χ4n) is 1.77. The van der Waals surface area contributed by atoms with E-state index in [9.17, 15) is 9.00 Å². The molecular formula is C11H11ClO2S. The fourth-order valence-corrected chi connectivity index (χ4v) is 3.54. The largest absolute Gasteiger partial charge is 0.298 e. The Morgan fingerprint density at radius 1 is 1.40 bits per heavy atom. The van der Waals surface area contributed by atoms with Crippen molar-refractivity contribution in [2.24, 2.45) is 0 Å². The molecule has 0 heterocycles. The Balaban J connectivity index is 2.24. The Morgan fingerprint density at radius 3 is 2.80 bits per heavy atom. The molecule has 4 heteroatoms. The third-order valence-corrected chi connectivity index (χ3v) is 4.50. The number of carbonyl (C=O) groups excluding carboxylic acids is 1. The highest BCUT2D eigenvalue weighted by molar-refractivity contribution is 7.86. The van der Waals surface area contributed by atoms with Crippen molar-refractivity contribution in [1.82, 2.24) is 0 Å². The highest BCUT2D eigenvalue weighted by Crippen LogP contribution is 2.25. The number of ketones is 1. The molecule has 2 nitrogen and oxygen atoms in total. The van der Waals surface area contributed by atoms with E-state index in [1.807, 2.05) is 0 Å². The van der Waals surface area contributed by atoms with Crippen LogP contribution in [0.2, 0.25) is 5.02 Å². The van der Waals surface area contributed by atoms with E-state index >= 15 is 0 Å². The fraction of sp³-hybridized carbons (Fsp3) is 0.364. The second-order valence-electron chi connectivity index (χ2n) is 3.60. The van der Waals surface area contributed by atoms with Crippen LogP contribution in [-0.4, -0.2) is 15.2 Å². The van der Waals surface area contributed by atoms with Crippen LogP contribution in [0.15, 0.2) is 29.2 Å². The maximum absolute atomic E-state index is 12.0. The second-order valence-corrected chi connectivity index (χ2v) is 5.67. The van der Waals surface area contributed by atoms with E-state index in [0.29, 0.717) is 16.3 Å². The van der Waals surface area contributed by atoms with Crippen LogP contribution in [-0.2, 0) is 15.6 Å². The lowest BCUT2D eigenvalue weighted by Gasteiger charge is -2.07. The lowest BCUT2D eigenvalue weighted by molar-refractivity contribution is -0.117. The molecule has 0 N–H and O–H groups in total. The molecule has 0 aliphatic heterocycles. The third-order valence-electron chi connectivity index (χ3n) is 2.54. The Labute approximate surface area is 96.1 Å². The van der Waals surface area contributed by atoms with E-state index in [4.69, 9.17) is 11.6 Å². The van der Waals surface area contributed by atoms with Crippen molar-refractivity contribution in [3.8, 4) is 0 Å². The highest BCUT2D eigenvalue weighted by atomic mass is 35.5. The second kappa shape index (κ2) is 4.45. The maximum Gasteiger partial charge on any atom is 0.148 e. The van der Waals surface area contributed by atoms with Crippen LogP contribution >= 0.6 is 11.6 Å². The summed E-state index contributed by atoms with van der Waals surface area (Å²) in [6.07, 6.45) is 2.16. The zero-order valence-electron chi connectivity index (χ0n) is 8.11. The van der Waals surface area contributed by atoms with Gasteiger partial charge in [0.15, 0.2) is 0 Å². The molecule has 0 spiro atoms. The molecule has 0 radical (unpaired) electrons. The average Bonchev–Trinajstić information content (AvgIpc) is 2.63. The van der Waals surface area contributed by atoms with Crippen molar-refractivity contribution in [3.63, 3.8) is 0 Å². The molecule has 1 saturated carbocycles. The smallest absolute Gasteiger partial charge is 0.148 e. The summed E-state index contributed by atoms with van der Waals surface area (Å²) < 4.78 is 12.0. The first-order valence-corrected chi connectivity index (χ1v) is 6.46. The van der Waals surface area contributed by atoms with E-state index in [-0.39, 0.29) is 11.0 Å². The molecule has 15 heavy (non-hydrogen) atoms. The summed E-state index contributed by atoms with van der Waals surface area (Å²) in [5, 5.41) is 0.245. The van der Waals surface area contributed by atoms with E-state index in [1.54, 1.807) is 24.3 Å². The summed E-state index contributed by atoms with van der Waals surface area (Å²) in [5.74, 6) is 0.119. The molecule has 1 fully saturated rings. The lowest BCUT2D eigenvalue weighted by Crippen LogP contribution is -2.19. The van der Waals surface area contributed by atoms with E-state index in [2.05, 4.69) is 0 Å². The Hall–Kier alpha value is -0.670. The molecule has 0 aromatic heterocycles. The Bertz CT molecular complexity index is 417. The molecule has 1 aliphatic rings. The Kier molecular flexibility index (Phi) is 3.22. The topological polar surface area (TPSA) is 34.1 Å². The molecule has 1 aliphatic carbocycles. The lowest BCUT2D eigenvalue weighted by atomic mass is 10.3. The molecule has 2 rings (SSSR count). The van der Waals surface area contributed by atoms with Crippen molar-refractivity contribution in [2.75, 3.05) is 0 Å². The minimum atomic E-state index is -1.23. The predicted molar refractivity (Wildman–Crippen MR) is 60.5 cm³/mol. The first-order valence-electron chi connectivity index (χ1n) is 4.87. The maximum atomic E-state index is 12.0. The predicted octanol–water partition coefficient (Wildman–Crippen LogP) is 2.57. The van der Waals surface area contributed by atoms with Gasteiger partial charge >= 0.3 is 0 Å². The molecule has 80 valence electrons. The zero-order chi connectivity index (χ0) is 10.8. The summed E-state index contributed by atoms with van der Waals surface area (Å²) in [4.78, 5) is 12.1. The first-order chi connectivity index (χ1) is 7.18. The zero-order valence-corrected chi connectivity index (χ0v) is 9.68. The summed E-state index contributed by atoms with van der Waals surface area (Å²) >= 11 is 5.81. The number of rotatable bonds is 2. The van der Waals surface area contributed by atoms with Gasteiger partial charge in [-0.05, 0) is 31.0 Å². The van der Waals surface area contributed by atoms with Crippen molar-refractivity contribution in [1.29, 1.82) is 0 Å². The number of hydrogen-bond donors (Lipinski definition) is 0. The number of hydrogen-bond acceptors (Lipinski definition) is 2. The van der Waals surface area contributed by atoms with Gasteiger partial charge in [0.05, 0.1) is 16.0 Å². The monoisotopic (exact) mass is 242 g/mol. The Morgan fingerprint density at radius 2 is 2.20 bits per heavy atom. The van der Waals surface area contributed by atoms with Crippen LogP contribution in [0.5, 0.6) is 0 Å². The van der Waals surface area contributed by atoms with Gasteiger partial charge in [0.25, 0.3) is 0 Å². The molecule has 0 bridgehead atoms. The number of Topliss-reactive ketones (excluding diaryl/α,β-unsaturated/α-hetero) is 1. The van der Waals surface area contributed by atoms with Gasteiger partial charge in [0.1, 0.15) is 5.78 Å². The minimum Gasteiger partial charge on any atom is -0.298 e. The van der Waals surface area contributed by atoms with Crippen molar-refractivity contribution in [3.05, 3.63) is 29.3 Å². The normalized spacial score (nSPS) is 23.0. The minimum absolute atomic E-state index is 0.119. The van der Waals surface area contributed by atoms with Gasteiger partial charge in [0.2, 0.25) is 0 Å². The van der Waals surface area contributed by atoms with Crippen LogP contribution in [0.1, 0.15) is 19.3 Å². The standard InChI is InChI=1S/C11H11ClO2S/c12-8-3-1-4-9(7-8)15(14)11-6-2-5-10(11)13/h1,3-4,7,11H,2,5-6H2. The molecule has 1 aromatic rings. The van der Waals surface area contributed by atoms with Gasteiger partial charge < -0.3 is 0 Å².